The number of hydrogen-bond donors (Lipinski definition) is 0. The van der Waals surface area contributed by atoms with Gasteiger partial charge in [0, 0.05) is 43.0 Å². The molecule has 24 heavy (non-hydrogen) atoms. The van der Waals surface area contributed by atoms with Crippen molar-refractivity contribution in [3.05, 3.63) is 45.1 Å². The first-order valence-electron chi connectivity index (χ1n) is 7.44. The van der Waals surface area contributed by atoms with E-state index in [9.17, 15) is 4.79 Å². The standard InChI is InChI=1S/C16H16Br2N4O2/c1-24-12-2-3-14(18)13(8-12)15(23)21-4-6-22(7-5-21)16-19-9-11(17)10-20-16/h2-3,8-10H,4-7H2,1H3. The fourth-order valence-electron chi connectivity index (χ4n) is 2.54. The summed E-state index contributed by atoms with van der Waals surface area (Å²) in [5.74, 6) is 1.36. The number of carbonyl (C=O) groups excluding carboxylic acids is 1. The molecule has 2 aromatic rings. The molecule has 0 saturated carbocycles. The third-order valence-corrected chi connectivity index (χ3v) is 4.96. The summed E-state index contributed by atoms with van der Waals surface area (Å²) in [7, 11) is 1.59. The maximum absolute atomic E-state index is 12.8. The second-order valence-electron chi connectivity index (χ2n) is 5.33. The second-order valence-corrected chi connectivity index (χ2v) is 7.10. The molecule has 0 atom stereocenters. The van der Waals surface area contributed by atoms with E-state index in [1.165, 1.54) is 0 Å². The van der Waals surface area contributed by atoms with Crippen LogP contribution in [0.2, 0.25) is 0 Å². The first kappa shape index (κ1) is 17.2. The van der Waals surface area contributed by atoms with Gasteiger partial charge in [0.05, 0.1) is 17.1 Å². The predicted molar refractivity (Wildman–Crippen MR) is 98.5 cm³/mol. The van der Waals surface area contributed by atoms with Crippen molar-refractivity contribution >= 4 is 43.7 Å². The second kappa shape index (κ2) is 7.48. The van der Waals surface area contributed by atoms with E-state index < -0.39 is 0 Å². The Kier molecular flexibility index (Phi) is 5.35. The molecule has 2 heterocycles. The molecule has 1 aromatic heterocycles. The molecule has 1 saturated heterocycles. The lowest BCUT2D eigenvalue weighted by atomic mass is 10.1. The highest BCUT2D eigenvalue weighted by Crippen LogP contribution is 2.24. The minimum absolute atomic E-state index is 0.00264. The molecule has 6 nitrogen and oxygen atoms in total. The molecule has 1 fully saturated rings. The van der Waals surface area contributed by atoms with Gasteiger partial charge in [-0.1, -0.05) is 0 Å². The first-order valence-corrected chi connectivity index (χ1v) is 9.02. The van der Waals surface area contributed by atoms with Gasteiger partial charge in [-0.05, 0) is 50.1 Å². The van der Waals surface area contributed by atoms with Crippen molar-refractivity contribution < 1.29 is 9.53 Å². The lowest BCUT2D eigenvalue weighted by molar-refractivity contribution is 0.0745. The number of nitrogens with zero attached hydrogens (tertiary/aromatic N) is 4. The van der Waals surface area contributed by atoms with E-state index in [1.54, 1.807) is 25.6 Å². The zero-order valence-electron chi connectivity index (χ0n) is 13.1. The highest BCUT2D eigenvalue weighted by atomic mass is 79.9. The van der Waals surface area contributed by atoms with Gasteiger partial charge in [0.2, 0.25) is 5.95 Å². The molecule has 1 aliphatic rings. The lowest BCUT2D eigenvalue weighted by Crippen LogP contribution is -2.49. The number of amides is 1. The fourth-order valence-corrected chi connectivity index (χ4v) is 3.16. The zero-order valence-corrected chi connectivity index (χ0v) is 16.2. The van der Waals surface area contributed by atoms with Gasteiger partial charge >= 0.3 is 0 Å². The number of benzene rings is 1. The average molecular weight is 456 g/mol. The normalized spacial score (nSPS) is 14.6. The summed E-state index contributed by atoms with van der Waals surface area (Å²) in [6.45, 7) is 2.66. The minimum Gasteiger partial charge on any atom is -0.497 e. The van der Waals surface area contributed by atoms with Crippen LogP contribution in [0.25, 0.3) is 0 Å². The number of aromatic nitrogens is 2. The number of rotatable bonds is 3. The Labute approximate surface area is 157 Å². The molecular weight excluding hydrogens is 440 g/mol. The Bertz CT molecular complexity index is 731. The molecule has 0 unspecified atom stereocenters. The van der Waals surface area contributed by atoms with Crippen LogP contribution in [0.3, 0.4) is 0 Å². The predicted octanol–water partition coefficient (Wildman–Crippen LogP) is 2.97. The van der Waals surface area contributed by atoms with Crippen molar-refractivity contribution in [3.63, 3.8) is 0 Å². The summed E-state index contributed by atoms with van der Waals surface area (Å²) in [4.78, 5) is 25.3. The maximum Gasteiger partial charge on any atom is 0.255 e. The molecule has 0 spiro atoms. The van der Waals surface area contributed by atoms with Gasteiger partial charge in [-0.3, -0.25) is 4.79 Å². The summed E-state index contributed by atoms with van der Waals surface area (Å²) >= 11 is 6.78. The van der Waals surface area contributed by atoms with Gasteiger partial charge in [0.1, 0.15) is 5.75 Å². The summed E-state index contributed by atoms with van der Waals surface area (Å²) < 4.78 is 6.83. The third-order valence-electron chi connectivity index (χ3n) is 3.86. The number of ether oxygens (including phenoxy) is 1. The van der Waals surface area contributed by atoms with E-state index in [-0.39, 0.29) is 5.91 Å². The van der Waals surface area contributed by atoms with Crippen LogP contribution in [0.5, 0.6) is 5.75 Å². The summed E-state index contributed by atoms with van der Waals surface area (Å²) in [6.07, 6.45) is 3.46. The summed E-state index contributed by atoms with van der Waals surface area (Å²) in [5, 5.41) is 0. The number of methoxy groups -OCH3 is 1. The number of halogens is 2. The highest BCUT2D eigenvalue weighted by Gasteiger charge is 2.25. The van der Waals surface area contributed by atoms with Gasteiger partial charge in [-0.15, -0.1) is 0 Å². The Hall–Kier alpha value is -1.67. The van der Waals surface area contributed by atoms with E-state index >= 15 is 0 Å². The minimum atomic E-state index is -0.00264. The third kappa shape index (κ3) is 3.70. The van der Waals surface area contributed by atoms with E-state index in [1.807, 2.05) is 17.0 Å². The van der Waals surface area contributed by atoms with Crippen molar-refractivity contribution in [1.29, 1.82) is 0 Å². The van der Waals surface area contributed by atoms with E-state index in [0.29, 0.717) is 43.4 Å². The molecular formula is C16H16Br2N4O2. The van der Waals surface area contributed by atoms with E-state index in [4.69, 9.17) is 4.74 Å². The van der Waals surface area contributed by atoms with Gasteiger partial charge in [0.15, 0.2) is 0 Å². The fraction of sp³-hybridized carbons (Fsp3) is 0.312. The van der Waals surface area contributed by atoms with Crippen LogP contribution in [-0.4, -0.2) is 54.1 Å². The van der Waals surface area contributed by atoms with Crippen LogP contribution in [0.1, 0.15) is 10.4 Å². The Morgan fingerprint density at radius 1 is 1.12 bits per heavy atom. The largest absolute Gasteiger partial charge is 0.497 e. The van der Waals surface area contributed by atoms with Gasteiger partial charge in [0.25, 0.3) is 5.91 Å². The monoisotopic (exact) mass is 454 g/mol. The van der Waals surface area contributed by atoms with Crippen LogP contribution in [0, 0.1) is 0 Å². The quantitative estimate of drug-likeness (QED) is 0.712. The molecule has 0 radical (unpaired) electrons. The molecule has 126 valence electrons. The average Bonchev–Trinajstić information content (AvgIpc) is 2.62. The number of anilines is 1. The lowest BCUT2D eigenvalue weighted by Gasteiger charge is -2.34. The van der Waals surface area contributed by atoms with Crippen molar-refractivity contribution in [2.24, 2.45) is 0 Å². The van der Waals surface area contributed by atoms with Crippen LogP contribution < -0.4 is 9.64 Å². The van der Waals surface area contributed by atoms with Gasteiger partial charge in [-0.25, -0.2) is 9.97 Å². The molecule has 1 aromatic carbocycles. The van der Waals surface area contributed by atoms with Crippen molar-refractivity contribution in [3.8, 4) is 5.75 Å². The SMILES string of the molecule is COc1ccc(Br)c(C(=O)N2CCN(c3ncc(Br)cn3)CC2)c1. The number of piperazine rings is 1. The molecule has 1 aliphatic heterocycles. The Morgan fingerprint density at radius 2 is 1.79 bits per heavy atom. The highest BCUT2D eigenvalue weighted by molar-refractivity contribution is 9.10. The van der Waals surface area contributed by atoms with Gasteiger partial charge in [-0.2, -0.15) is 0 Å². The smallest absolute Gasteiger partial charge is 0.255 e. The molecule has 0 bridgehead atoms. The van der Waals surface area contributed by atoms with Crippen molar-refractivity contribution in [2.45, 2.75) is 0 Å². The van der Waals surface area contributed by atoms with Crippen molar-refractivity contribution in [1.82, 2.24) is 14.9 Å². The Balaban J connectivity index is 1.68. The van der Waals surface area contributed by atoms with Crippen LogP contribution in [0.15, 0.2) is 39.5 Å². The summed E-state index contributed by atoms with van der Waals surface area (Å²) in [5.41, 5.74) is 0.614. The molecule has 0 aliphatic carbocycles. The first-order chi connectivity index (χ1) is 11.6. The molecule has 1 amide bonds. The molecule has 3 rings (SSSR count). The molecule has 8 heteroatoms. The molecule has 0 N–H and O–H groups in total. The Morgan fingerprint density at radius 3 is 2.42 bits per heavy atom. The summed E-state index contributed by atoms with van der Waals surface area (Å²) in [6, 6.07) is 5.41. The van der Waals surface area contributed by atoms with E-state index in [2.05, 4.69) is 46.7 Å². The topological polar surface area (TPSA) is 58.6 Å². The van der Waals surface area contributed by atoms with E-state index in [0.717, 1.165) is 8.95 Å². The zero-order chi connectivity index (χ0) is 17.1. The number of hydrogen-bond acceptors (Lipinski definition) is 5. The van der Waals surface area contributed by atoms with Crippen molar-refractivity contribution in [2.75, 3.05) is 38.2 Å². The maximum atomic E-state index is 12.8. The number of carbonyl (C=O) groups is 1. The van der Waals surface area contributed by atoms with Crippen LogP contribution in [-0.2, 0) is 0 Å². The van der Waals surface area contributed by atoms with Crippen LogP contribution >= 0.6 is 31.9 Å². The van der Waals surface area contributed by atoms with Gasteiger partial charge < -0.3 is 14.5 Å². The van der Waals surface area contributed by atoms with Crippen LogP contribution in [0.4, 0.5) is 5.95 Å².